The van der Waals surface area contributed by atoms with Gasteiger partial charge in [-0.2, -0.15) is 0 Å². The fourth-order valence-electron chi connectivity index (χ4n) is 2.80. The predicted octanol–water partition coefficient (Wildman–Crippen LogP) is 3.94. The number of aromatic hydroxyl groups is 1. The first-order valence-corrected chi connectivity index (χ1v) is 5.94. The average Bonchev–Trinajstić information content (AvgIpc) is 2.47. The van der Waals surface area contributed by atoms with Crippen LogP contribution in [0.1, 0.15) is 37.8 Å². The van der Waals surface area contributed by atoms with Crippen molar-refractivity contribution < 1.29 is 5.11 Å². The van der Waals surface area contributed by atoms with E-state index in [2.05, 4.69) is 26.5 Å². The van der Waals surface area contributed by atoms with Crippen LogP contribution >= 0.6 is 0 Å². The summed E-state index contributed by atoms with van der Waals surface area (Å²) in [6.45, 7) is 10.6. The van der Waals surface area contributed by atoms with Gasteiger partial charge in [-0.05, 0) is 37.3 Å². The van der Waals surface area contributed by atoms with Crippen molar-refractivity contribution in [3.8, 4) is 5.75 Å². The molecular weight excluding hydrogens is 196 g/mol. The molecule has 1 heteroatoms. The smallest absolute Gasteiger partial charge is 0.119 e. The van der Waals surface area contributed by atoms with Crippen molar-refractivity contribution in [1.82, 2.24) is 0 Å². The van der Waals surface area contributed by atoms with Gasteiger partial charge in [0.05, 0.1) is 0 Å². The Bertz CT molecular complexity index is 433. The number of rotatable bonds is 1. The molecule has 1 aromatic rings. The van der Waals surface area contributed by atoms with Gasteiger partial charge in [-0.3, -0.25) is 0 Å². The van der Waals surface area contributed by atoms with Gasteiger partial charge in [-0.1, -0.05) is 38.1 Å². The highest BCUT2D eigenvalue weighted by Gasteiger charge is 2.39. The first kappa shape index (κ1) is 11.3. The predicted molar refractivity (Wildman–Crippen MR) is 67.7 cm³/mol. The molecule has 2 atom stereocenters. The molecule has 1 saturated carbocycles. The van der Waals surface area contributed by atoms with Crippen LogP contribution in [0.15, 0.2) is 30.4 Å². The van der Waals surface area contributed by atoms with Crippen LogP contribution in [0.5, 0.6) is 5.75 Å². The Labute approximate surface area is 97.8 Å². The van der Waals surface area contributed by atoms with Crippen molar-refractivity contribution in [3.05, 3.63) is 41.5 Å². The lowest BCUT2D eigenvalue weighted by atomic mass is 9.76. The normalized spacial score (nSPS) is 29.7. The molecule has 2 unspecified atom stereocenters. The number of allylic oxidation sites excluding steroid dienone is 1. The summed E-state index contributed by atoms with van der Waals surface area (Å²) in [6.07, 6.45) is 2.26. The molecule has 1 fully saturated rings. The molecule has 2 rings (SSSR count). The van der Waals surface area contributed by atoms with Crippen LogP contribution in [-0.2, 0) is 5.41 Å². The quantitative estimate of drug-likeness (QED) is 0.705. The van der Waals surface area contributed by atoms with Crippen LogP contribution in [0, 0.1) is 12.8 Å². The van der Waals surface area contributed by atoms with E-state index in [4.69, 9.17) is 0 Å². The van der Waals surface area contributed by atoms with E-state index in [1.165, 1.54) is 12.0 Å². The Morgan fingerprint density at radius 1 is 1.44 bits per heavy atom. The standard InChI is InChI=1S/C15H20O/c1-10-5-6-13(14(16)9-10)15(4)8-7-11(2)12(15)3/h5-6,9,11,16H,3,7-8H2,1-2,4H3. The molecule has 0 radical (unpaired) electrons. The van der Waals surface area contributed by atoms with Crippen LogP contribution in [0.4, 0.5) is 0 Å². The molecule has 0 heterocycles. The molecule has 0 amide bonds. The summed E-state index contributed by atoms with van der Waals surface area (Å²) in [5.41, 5.74) is 3.35. The molecule has 0 bridgehead atoms. The zero-order chi connectivity index (χ0) is 11.9. The summed E-state index contributed by atoms with van der Waals surface area (Å²) >= 11 is 0. The molecular formula is C15H20O. The lowest BCUT2D eigenvalue weighted by Crippen LogP contribution is -2.20. The minimum absolute atomic E-state index is 0.0444. The van der Waals surface area contributed by atoms with E-state index in [0.29, 0.717) is 11.7 Å². The SMILES string of the molecule is C=C1C(C)CCC1(C)c1ccc(C)cc1O. The van der Waals surface area contributed by atoms with Gasteiger partial charge in [0.1, 0.15) is 5.75 Å². The fraction of sp³-hybridized carbons (Fsp3) is 0.467. The molecule has 1 aromatic carbocycles. The Hall–Kier alpha value is -1.24. The molecule has 0 aliphatic heterocycles. The van der Waals surface area contributed by atoms with Gasteiger partial charge < -0.3 is 5.11 Å². The van der Waals surface area contributed by atoms with E-state index < -0.39 is 0 Å². The highest BCUT2D eigenvalue weighted by molar-refractivity contribution is 5.47. The Balaban J connectivity index is 2.48. The third kappa shape index (κ3) is 1.55. The molecule has 0 aromatic heterocycles. The van der Waals surface area contributed by atoms with Gasteiger partial charge in [-0.15, -0.1) is 0 Å². The van der Waals surface area contributed by atoms with Gasteiger partial charge in [-0.25, -0.2) is 0 Å². The zero-order valence-electron chi connectivity index (χ0n) is 10.4. The summed E-state index contributed by atoms with van der Waals surface area (Å²) in [6, 6.07) is 5.96. The van der Waals surface area contributed by atoms with E-state index in [0.717, 1.165) is 17.5 Å². The number of benzene rings is 1. The van der Waals surface area contributed by atoms with Crippen LogP contribution in [0.3, 0.4) is 0 Å². The second kappa shape index (κ2) is 3.65. The molecule has 86 valence electrons. The Morgan fingerprint density at radius 2 is 2.12 bits per heavy atom. The van der Waals surface area contributed by atoms with Crippen molar-refractivity contribution in [3.63, 3.8) is 0 Å². The van der Waals surface area contributed by atoms with Crippen molar-refractivity contribution in [1.29, 1.82) is 0 Å². The lowest BCUT2D eigenvalue weighted by Gasteiger charge is -2.28. The third-order valence-corrected chi connectivity index (χ3v) is 4.13. The van der Waals surface area contributed by atoms with Crippen LogP contribution in [0.25, 0.3) is 0 Å². The molecule has 16 heavy (non-hydrogen) atoms. The van der Waals surface area contributed by atoms with Crippen molar-refractivity contribution in [2.45, 2.75) is 39.0 Å². The van der Waals surface area contributed by atoms with E-state index in [1.807, 2.05) is 19.1 Å². The summed E-state index contributed by atoms with van der Waals surface area (Å²) in [7, 11) is 0. The van der Waals surface area contributed by atoms with Crippen molar-refractivity contribution >= 4 is 0 Å². The minimum Gasteiger partial charge on any atom is -0.508 e. The van der Waals surface area contributed by atoms with E-state index >= 15 is 0 Å². The van der Waals surface area contributed by atoms with Gasteiger partial charge in [0, 0.05) is 11.0 Å². The number of phenols is 1. The highest BCUT2D eigenvalue weighted by atomic mass is 16.3. The summed E-state index contributed by atoms with van der Waals surface area (Å²) in [4.78, 5) is 0. The van der Waals surface area contributed by atoms with Gasteiger partial charge in [0.25, 0.3) is 0 Å². The maximum Gasteiger partial charge on any atom is 0.119 e. The topological polar surface area (TPSA) is 20.2 Å². The van der Waals surface area contributed by atoms with E-state index in [-0.39, 0.29) is 5.41 Å². The van der Waals surface area contributed by atoms with Gasteiger partial charge in [0.2, 0.25) is 0 Å². The fourth-order valence-corrected chi connectivity index (χ4v) is 2.80. The van der Waals surface area contributed by atoms with Crippen LogP contribution in [0.2, 0.25) is 0 Å². The van der Waals surface area contributed by atoms with E-state index in [9.17, 15) is 5.11 Å². The second-order valence-corrected chi connectivity index (χ2v) is 5.32. The number of aryl methyl sites for hydroxylation is 1. The molecule has 0 spiro atoms. The average molecular weight is 216 g/mol. The second-order valence-electron chi connectivity index (χ2n) is 5.32. The van der Waals surface area contributed by atoms with Crippen molar-refractivity contribution in [2.75, 3.05) is 0 Å². The van der Waals surface area contributed by atoms with Crippen molar-refractivity contribution in [2.24, 2.45) is 5.92 Å². The van der Waals surface area contributed by atoms with Crippen LogP contribution in [-0.4, -0.2) is 5.11 Å². The largest absolute Gasteiger partial charge is 0.508 e. The Morgan fingerprint density at radius 3 is 2.62 bits per heavy atom. The summed E-state index contributed by atoms with van der Waals surface area (Å²) in [5.74, 6) is 0.975. The number of phenolic OH excluding ortho intramolecular Hbond substituents is 1. The molecule has 1 nitrogen and oxygen atoms in total. The summed E-state index contributed by atoms with van der Waals surface area (Å²) < 4.78 is 0. The Kier molecular flexibility index (Phi) is 2.57. The zero-order valence-corrected chi connectivity index (χ0v) is 10.4. The van der Waals surface area contributed by atoms with Gasteiger partial charge >= 0.3 is 0 Å². The van der Waals surface area contributed by atoms with Crippen LogP contribution < -0.4 is 0 Å². The molecule has 1 N–H and O–H groups in total. The number of hydrogen-bond donors (Lipinski definition) is 1. The van der Waals surface area contributed by atoms with Gasteiger partial charge in [0.15, 0.2) is 0 Å². The summed E-state index contributed by atoms with van der Waals surface area (Å²) in [5, 5.41) is 10.1. The first-order valence-electron chi connectivity index (χ1n) is 5.94. The maximum atomic E-state index is 10.1. The maximum absolute atomic E-state index is 10.1. The monoisotopic (exact) mass is 216 g/mol. The number of hydrogen-bond acceptors (Lipinski definition) is 1. The molecule has 0 saturated heterocycles. The molecule has 1 aliphatic rings. The first-order chi connectivity index (χ1) is 7.45. The third-order valence-electron chi connectivity index (χ3n) is 4.13. The highest BCUT2D eigenvalue weighted by Crippen LogP contribution is 2.49. The molecule has 1 aliphatic carbocycles. The minimum atomic E-state index is -0.0444. The lowest BCUT2D eigenvalue weighted by molar-refractivity contribution is 0.445. The van der Waals surface area contributed by atoms with E-state index in [1.54, 1.807) is 0 Å².